The van der Waals surface area contributed by atoms with Crippen LogP contribution in [-0.4, -0.2) is 38.1 Å². The third-order valence-electron chi connectivity index (χ3n) is 2.79. The molecule has 1 aliphatic heterocycles. The first-order valence-electron chi connectivity index (χ1n) is 5.60. The first-order chi connectivity index (χ1) is 8.34. The lowest BCUT2D eigenvalue weighted by Crippen LogP contribution is -2.19. The van der Waals surface area contributed by atoms with Crippen LogP contribution in [0.1, 0.15) is 12.8 Å². The summed E-state index contributed by atoms with van der Waals surface area (Å²) in [5.74, 6) is 1.60. The summed E-state index contributed by atoms with van der Waals surface area (Å²) in [5.41, 5.74) is 5.84. The molecule has 7 heteroatoms. The van der Waals surface area contributed by atoms with E-state index in [1.807, 2.05) is 0 Å². The van der Waals surface area contributed by atoms with Gasteiger partial charge < -0.3 is 10.6 Å². The van der Waals surface area contributed by atoms with Crippen LogP contribution in [0, 0.1) is 0 Å². The van der Waals surface area contributed by atoms with Crippen LogP contribution in [-0.2, 0) is 0 Å². The molecular formula is C10H13N7. The zero-order valence-corrected chi connectivity index (χ0v) is 9.32. The highest BCUT2D eigenvalue weighted by Gasteiger charge is 2.18. The summed E-state index contributed by atoms with van der Waals surface area (Å²) >= 11 is 0. The molecule has 2 aromatic rings. The smallest absolute Gasteiger partial charge is 0.247 e. The average Bonchev–Trinajstić information content (AvgIpc) is 2.99. The molecular weight excluding hydrogens is 218 g/mol. The summed E-state index contributed by atoms with van der Waals surface area (Å²) in [6.45, 7) is 1.98. The summed E-state index contributed by atoms with van der Waals surface area (Å²) in [4.78, 5) is 6.38. The zero-order valence-electron chi connectivity index (χ0n) is 9.32. The Bertz CT molecular complexity index is 501. The molecule has 0 aliphatic carbocycles. The quantitative estimate of drug-likeness (QED) is 0.796. The maximum Gasteiger partial charge on any atom is 0.247 e. The molecule has 0 amide bonds. The molecule has 0 atom stereocenters. The van der Waals surface area contributed by atoms with Gasteiger partial charge in [-0.25, -0.2) is 0 Å². The SMILES string of the molecule is Nc1nc(N2CCCC2)nn1-c1cccnn1. The van der Waals surface area contributed by atoms with Crippen LogP contribution >= 0.6 is 0 Å². The normalized spacial score (nSPS) is 15.4. The molecule has 0 unspecified atom stereocenters. The molecule has 0 aromatic carbocycles. The van der Waals surface area contributed by atoms with Gasteiger partial charge in [0.2, 0.25) is 11.9 Å². The molecule has 88 valence electrons. The molecule has 0 bridgehead atoms. The van der Waals surface area contributed by atoms with Crippen molar-refractivity contribution in [2.24, 2.45) is 0 Å². The van der Waals surface area contributed by atoms with Gasteiger partial charge in [-0.2, -0.15) is 14.8 Å². The summed E-state index contributed by atoms with van der Waals surface area (Å²) < 4.78 is 1.51. The van der Waals surface area contributed by atoms with Crippen molar-refractivity contribution in [1.29, 1.82) is 0 Å². The summed E-state index contributed by atoms with van der Waals surface area (Å²) in [6.07, 6.45) is 3.97. The summed E-state index contributed by atoms with van der Waals surface area (Å²) in [7, 11) is 0. The molecule has 1 fully saturated rings. The third-order valence-corrected chi connectivity index (χ3v) is 2.79. The van der Waals surface area contributed by atoms with Crippen molar-refractivity contribution in [3.8, 4) is 5.82 Å². The van der Waals surface area contributed by atoms with E-state index in [2.05, 4.69) is 25.2 Å². The highest BCUT2D eigenvalue weighted by Crippen LogP contribution is 2.18. The number of anilines is 2. The maximum atomic E-state index is 5.84. The zero-order chi connectivity index (χ0) is 11.7. The van der Waals surface area contributed by atoms with Gasteiger partial charge in [0.25, 0.3) is 0 Å². The van der Waals surface area contributed by atoms with E-state index in [9.17, 15) is 0 Å². The van der Waals surface area contributed by atoms with Crippen LogP contribution in [0.15, 0.2) is 18.3 Å². The van der Waals surface area contributed by atoms with Crippen molar-refractivity contribution in [2.75, 3.05) is 23.7 Å². The van der Waals surface area contributed by atoms with Crippen molar-refractivity contribution in [3.63, 3.8) is 0 Å². The largest absolute Gasteiger partial charge is 0.368 e. The molecule has 1 saturated heterocycles. The molecule has 2 N–H and O–H groups in total. The lowest BCUT2D eigenvalue weighted by atomic mass is 10.4. The van der Waals surface area contributed by atoms with E-state index in [0.29, 0.717) is 17.7 Å². The first kappa shape index (κ1) is 10.0. The van der Waals surface area contributed by atoms with Gasteiger partial charge in [0.05, 0.1) is 0 Å². The van der Waals surface area contributed by atoms with Gasteiger partial charge in [-0.05, 0) is 25.0 Å². The fraction of sp³-hybridized carbons (Fsp3) is 0.400. The van der Waals surface area contributed by atoms with E-state index >= 15 is 0 Å². The van der Waals surface area contributed by atoms with Gasteiger partial charge in [0.1, 0.15) is 0 Å². The fourth-order valence-corrected chi connectivity index (χ4v) is 1.94. The van der Waals surface area contributed by atoms with E-state index in [-0.39, 0.29) is 0 Å². The van der Waals surface area contributed by atoms with Crippen molar-refractivity contribution >= 4 is 11.9 Å². The molecule has 3 rings (SSSR count). The Morgan fingerprint density at radius 1 is 1.24 bits per heavy atom. The van der Waals surface area contributed by atoms with E-state index in [4.69, 9.17) is 5.73 Å². The minimum atomic E-state index is 0.340. The second kappa shape index (κ2) is 4.00. The second-order valence-electron chi connectivity index (χ2n) is 3.96. The number of rotatable bonds is 2. The van der Waals surface area contributed by atoms with Crippen LogP contribution < -0.4 is 10.6 Å². The number of hydrogen-bond acceptors (Lipinski definition) is 6. The average molecular weight is 231 g/mol. The second-order valence-corrected chi connectivity index (χ2v) is 3.96. The Balaban J connectivity index is 1.96. The lowest BCUT2D eigenvalue weighted by molar-refractivity contribution is 0.805. The molecule has 2 aromatic heterocycles. The topological polar surface area (TPSA) is 85.8 Å². The van der Waals surface area contributed by atoms with Crippen LogP contribution in [0.25, 0.3) is 5.82 Å². The van der Waals surface area contributed by atoms with E-state index < -0.39 is 0 Å². The van der Waals surface area contributed by atoms with Crippen LogP contribution in [0.4, 0.5) is 11.9 Å². The van der Waals surface area contributed by atoms with Gasteiger partial charge in [-0.1, -0.05) is 0 Å². The number of nitrogens with zero attached hydrogens (tertiary/aromatic N) is 6. The lowest BCUT2D eigenvalue weighted by Gasteiger charge is -2.10. The number of hydrogen-bond donors (Lipinski definition) is 1. The predicted octanol–water partition coefficient (Wildman–Crippen LogP) is 0.240. The van der Waals surface area contributed by atoms with E-state index in [1.54, 1.807) is 18.3 Å². The standard InChI is InChI=1S/C10H13N7/c11-9-13-10(16-6-1-2-7-16)15-17(9)8-4-3-5-12-14-8/h3-5H,1-2,6-7H2,(H2,11,13,15). The van der Waals surface area contributed by atoms with Crippen LogP contribution in [0.5, 0.6) is 0 Å². The minimum Gasteiger partial charge on any atom is -0.368 e. The van der Waals surface area contributed by atoms with Gasteiger partial charge >= 0.3 is 0 Å². The van der Waals surface area contributed by atoms with Gasteiger partial charge in [0.15, 0.2) is 5.82 Å². The first-order valence-corrected chi connectivity index (χ1v) is 5.60. The van der Waals surface area contributed by atoms with Gasteiger partial charge in [-0.3, -0.25) is 0 Å². The van der Waals surface area contributed by atoms with Crippen molar-refractivity contribution < 1.29 is 0 Å². The van der Waals surface area contributed by atoms with E-state index in [0.717, 1.165) is 13.1 Å². The Morgan fingerprint density at radius 3 is 2.76 bits per heavy atom. The fourth-order valence-electron chi connectivity index (χ4n) is 1.94. The summed E-state index contributed by atoms with van der Waals surface area (Å²) in [5, 5.41) is 12.1. The van der Waals surface area contributed by atoms with Crippen LogP contribution in [0.2, 0.25) is 0 Å². The maximum absolute atomic E-state index is 5.84. The van der Waals surface area contributed by atoms with Crippen molar-refractivity contribution in [1.82, 2.24) is 25.0 Å². The molecule has 0 spiro atoms. The number of nitrogen functional groups attached to an aromatic ring is 1. The molecule has 0 saturated carbocycles. The van der Waals surface area contributed by atoms with Gasteiger partial charge in [0, 0.05) is 19.3 Å². The molecule has 17 heavy (non-hydrogen) atoms. The van der Waals surface area contributed by atoms with E-state index in [1.165, 1.54) is 17.5 Å². The highest BCUT2D eigenvalue weighted by molar-refractivity contribution is 5.40. The highest BCUT2D eigenvalue weighted by atomic mass is 15.5. The van der Waals surface area contributed by atoms with Crippen LogP contribution in [0.3, 0.4) is 0 Å². The monoisotopic (exact) mass is 231 g/mol. The van der Waals surface area contributed by atoms with Gasteiger partial charge in [-0.15, -0.1) is 10.2 Å². The third kappa shape index (κ3) is 1.79. The number of aromatic nitrogens is 5. The Hall–Kier alpha value is -2.18. The molecule has 3 heterocycles. The Labute approximate surface area is 98.3 Å². The minimum absolute atomic E-state index is 0.340. The Morgan fingerprint density at radius 2 is 2.06 bits per heavy atom. The molecule has 7 nitrogen and oxygen atoms in total. The van der Waals surface area contributed by atoms with Crippen molar-refractivity contribution in [3.05, 3.63) is 18.3 Å². The predicted molar refractivity (Wildman–Crippen MR) is 62.8 cm³/mol. The summed E-state index contributed by atoms with van der Waals surface area (Å²) in [6, 6.07) is 3.59. The molecule has 1 aliphatic rings. The Kier molecular flexibility index (Phi) is 2.36. The van der Waals surface area contributed by atoms with Crippen molar-refractivity contribution in [2.45, 2.75) is 12.8 Å². The molecule has 0 radical (unpaired) electrons. The number of nitrogens with two attached hydrogens (primary N) is 1.